The Labute approximate surface area is 131 Å². The molecule has 0 fully saturated rings. The molecule has 0 N–H and O–H groups in total. The summed E-state index contributed by atoms with van der Waals surface area (Å²) in [6.07, 6.45) is 4.34. The molecule has 21 heavy (non-hydrogen) atoms. The topological polar surface area (TPSA) is 36.3 Å². The van der Waals surface area contributed by atoms with Crippen molar-refractivity contribution in [3.05, 3.63) is 40.4 Å². The van der Waals surface area contributed by atoms with Crippen molar-refractivity contribution >= 4 is 11.8 Å². The van der Waals surface area contributed by atoms with Gasteiger partial charge in [0.2, 0.25) is 0 Å². The molecule has 1 aliphatic heterocycles. The second-order valence-electron chi connectivity index (χ2n) is 5.27. The van der Waals surface area contributed by atoms with Crippen LogP contribution in [0.25, 0.3) is 0 Å². The monoisotopic (exact) mass is 302 g/mol. The number of nitrogens with zero attached hydrogens (tertiary/aromatic N) is 2. The van der Waals surface area contributed by atoms with Crippen molar-refractivity contribution in [1.82, 2.24) is 4.90 Å². The Morgan fingerprint density at radius 2 is 2.05 bits per heavy atom. The number of aryl methyl sites for hydroxylation is 2. The highest BCUT2D eigenvalue weighted by molar-refractivity contribution is 8.02. The minimum atomic E-state index is 0.586. The van der Waals surface area contributed by atoms with Gasteiger partial charge >= 0.3 is 0 Å². The molecule has 1 aliphatic rings. The molecular formula is C17H22N2OS. The molecule has 112 valence electrons. The molecule has 3 nitrogen and oxygen atoms in total. The Morgan fingerprint density at radius 1 is 1.33 bits per heavy atom. The first-order valence-corrected chi connectivity index (χ1v) is 8.32. The van der Waals surface area contributed by atoms with E-state index in [1.807, 2.05) is 37.7 Å². The van der Waals surface area contributed by atoms with Gasteiger partial charge in [0, 0.05) is 12.7 Å². The Kier molecular flexibility index (Phi) is 5.58. The van der Waals surface area contributed by atoms with E-state index in [-0.39, 0.29) is 0 Å². The predicted octanol–water partition coefficient (Wildman–Crippen LogP) is 4.20. The molecule has 0 saturated heterocycles. The van der Waals surface area contributed by atoms with Crippen LogP contribution in [-0.2, 0) is 0 Å². The molecule has 0 aliphatic carbocycles. The number of nitriles is 1. The SMILES string of the molecule is CCC1SC=CN1CCCOc1c(C)cc(C#N)cc1C. The quantitative estimate of drug-likeness (QED) is 0.738. The van der Waals surface area contributed by atoms with Crippen molar-refractivity contribution in [3.63, 3.8) is 0 Å². The Balaban J connectivity index is 1.84. The van der Waals surface area contributed by atoms with Gasteiger partial charge in [0.05, 0.1) is 23.6 Å². The summed E-state index contributed by atoms with van der Waals surface area (Å²) < 4.78 is 5.93. The van der Waals surface area contributed by atoms with Crippen LogP contribution in [0.1, 0.15) is 36.5 Å². The van der Waals surface area contributed by atoms with Gasteiger partial charge in [-0.1, -0.05) is 6.92 Å². The minimum Gasteiger partial charge on any atom is -0.493 e. The number of benzene rings is 1. The number of thioether (sulfide) groups is 1. The average Bonchev–Trinajstić information content (AvgIpc) is 2.92. The highest BCUT2D eigenvalue weighted by Gasteiger charge is 2.17. The second-order valence-corrected chi connectivity index (χ2v) is 6.36. The van der Waals surface area contributed by atoms with E-state index in [2.05, 4.69) is 29.5 Å². The van der Waals surface area contributed by atoms with E-state index in [1.54, 1.807) is 0 Å². The van der Waals surface area contributed by atoms with Gasteiger partial charge < -0.3 is 9.64 Å². The van der Waals surface area contributed by atoms with Crippen molar-refractivity contribution in [2.45, 2.75) is 39.0 Å². The van der Waals surface area contributed by atoms with Crippen molar-refractivity contribution < 1.29 is 4.74 Å². The van der Waals surface area contributed by atoms with Crippen LogP contribution < -0.4 is 4.74 Å². The standard InChI is InChI=1S/C17H22N2OS/c1-4-16-19(7-9-21-16)6-5-8-20-17-13(2)10-15(12-18)11-14(17)3/h7,9-11,16H,4-6,8H2,1-3H3. The first-order chi connectivity index (χ1) is 10.2. The third-order valence-electron chi connectivity index (χ3n) is 3.60. The molecule has 1 heterocycles. The lowest BCUT2D eigenvalue weighted by atomic mass is 10.1. The first-order valence-electron chi connectivity index (χ1n) is 7.37. The van der Waals surface area contributed by atoms with E-state index < -0.39 is 0 Å². The molecule has 1 aromatic rings. The zero-order valence-corrected chi connectivity index (χ0v) is 13.7. The fraction of sp³-hybridized carbons (Fsp3) is 0.471. The van der Waals surface area contributed by atoms with Gasteiger partial charge in [-0.3, -0.25) is 0 Å². The largest absolute Gasteiger partial charge is 0.493 e. The summed E-state index contributed by atoms with van der Waals surface area (Å²) in [5, 5.41) is 11.7. The number of hydrogen-bond donors (Lipinski definition) is 0. The zero-order valence-electron chi connectivity index (χ0n) is 12.9. The van der Waals surface area contributed by atoms with Gasteiger partial charge in [-0.15, -0.1) is 11.8 Å². The van der Waals surface area contributed by atoms with Crippen LogP contribution in [0.3, 0.4) is 0 Å². The zero-order chi connectivity index (χ0) is 15.2. The van der Waals surface area contributed by atoms with Crippen LogP contribution in [0.2, 0.25) is 0 Å². The number of ether oxygens (including phenoxy) is 1. The van der Waals surface area contributed by atoms with E-state index in [1.165, 1.54) is 0 Å². The molecule has 2 rings (SSSR count). The molecule has 0 aromatic heterocycles. The summed E-state index contributed by atoms with van der Waals surface area (Å²) in [5.74, 6) is 0.924. The number of hydrogen-bond acceptors (Lipinski definition) is 4. The molecule has 4 heteroatoms. The van der Waals surface area contributed by atoms with E-state index in [9.17, 15) is 0 Å². The maximum absolute atomic E-state index is 8.96. The summed E-state index contributed by atoms with van der Waals surface area (Å²) in [5.41, 5.74) is 2.77. The van der Waals surface area contributed by atoms with Crippen molar-refractivity contribution in [3.8, 4) is 11.8 Å². The van der Waals surface area contributed by atoms with E-state index in [0.717, 1.165) is 36.3 Å². The second kappa shape index (κ2) is 7.42. The molecule has 1 aromatic carbocycles. The van der Waals surface area contributed by atoms with Crippen molar-refractivity contribution in [1.29, 1.82) is 5.26 Å². The lowest BCUT2D eigenvalue weighted by Crippen LogP contribution is -2.26. The molecule has 0 radical (unpaired) electrons. The lowest BCUT2D eigenvalue weighted by molar-refractivity contribution is 0.268. The molecule has 1 unspecified atom stereocenters. The first kappa shape index (κ1) is 15.8. The summed E-state index contributed by atoms with van der Waals surface area (Å²) in [7, 11) is 0. The highest BCUT2D eigenvalue weighted by atomic mass is 32.2. The van der Waals surface area contributed by atoms with Gasteiger partial charge in [0.15, 0.2) is 0 Å². The van der Waals surface area contributed by atoms with Crippen LogP contribution in [0.15, 0.2) is 23.7 Å². The van der Waals surface area contributed by atoms with Crippen molar-refractivity contribution in [2.75, 3.05) is 13.2 Å². The van der Waals surface area contributed by atoms with Crippen LogP contribution in [-0.4, -0.2) is 23.4 Å². The summed E-state index contributed by atoms with van der Waals surface area (Å²) in [4.78, 5) is 2.38. The lowest BCUT2D eigenvalue weighted by Gasteiger charge is -2.23. The van der Waals surface area contributed by atoms with Gasteiger partial charge in [-0.05, 0) is 55.4 Å². The van der Waals surface area contributed by atoms with Crippen molar-refractivity contribution in [2.24, 2.45) is 0 Å². The minimum absolute atomic E-state index is 0.586. The molecule has 0 amide bonds. The fourth-order valence-electron chi connectivity index (χ4n) is 2.59. The third-order valence-corrected chi connectivity index (χ3v) is 4.80. The van der Waals surface area contributed by atoms with Crippen LogP contribution >= 0.6 is 11.8 Å². The van der Waals surface area contributed by atoms with Crippen LogP contribution in [0, 0.1) is 25.2 Å². The summed E-state index contributed by atoms with van der Waals surface area (Å²) in [6.45, 7) is 7.94. The molecule has 1 atom stereocenters. The smallest absolute Gasteiger partial charge is 0.125 e. The Bertz CT molecular complexity index is 539. The van der Waals surface area contributed by atoms with E-state index >= 15 is 0 Å². The summed E-state index contributed by atoms with van der Waals surface area (Å²) in [6, 6.07) is 5.95. The van der Waals surface area contributed by atoms with Gasteiger partial charge in [-0.25, -0.2) is 0 Å². The highest BCUT2D eigenvalue weighted by Crippen LogP contribution is 2.28. The van der Waals surface area contributed by atoms with E-state index in [4.69, 9.17) is 10.00 Å². The third kappa shape index (κ3) is 3.95. The molecule has 0 bridgehead atoms. The Hall–Kier alpha value is -1.60. The molecule has 0 saturated carbocycles. The number of rotatable bonds is 6. The summed E-state index contributed by atoms with van der Waals surface area (Å²) >= 11 is 1.89. The normalized spacial score (nSPS) is 17.0. The molecule has 0 spiro atoms. The van der Waals surface area contributed by atoms with Gasteiger partial charge in [-0.2, -0.15) is 5.26 Å². The molecular weight excluding hydrogens is 280 g/mol. The van der Waals surface area contributed by atoms with Gasteiger partial charge in [0.1, 0.15) is 5.75 Å². The maximum Gasteiger partial charge on any atom is 0.125 e. The Morgan fingerprint density at radius 3 is 2.67 bits per heavy atom. The van der Waals surface area contributed by atoms with E-state index in [0.29, 0.717) is 17.5 Å². The predicted molar refractivity (Wildman–Crippen MR) is 88.3 cm³/mol. The fourth-order valence-corrected chi connectivity index (χ4v) is 3.52. The van der Waals surface area contributed by atoms with Gasteiger partial charge in [0.25, 0.3) is 0 Å². The van der Waals surface area contributed by atoms with Crippen LogP contribution in [0.5, 0.6) is 5.75 Å². The average molecular weight is 302 g/mol. The van der Waals surface area contributed by atoms with Crippen LogP contribution in [0.4, 0.5) is 0 Å². The maximum atomic E-state index is 8.96.